The van der Waals surface area contributed by atoms with Gasteiger partial charge >= 0.3 is 0 Å². The van der Waals surface area contributed by atoms with Crippen molar-refractivity contribution in [1.29, 1.82) is 0 Å². The Labute approximate surface area is 152 Å². The maximum absolute atomic E-state index is 10.3. The van der Waals surface area contributed by atoms with Crippen LogP contribution in [0.4, 0.5) is 0 Å². The normalized spacial score (nSPS) is 46.1. The second-order valence-electron chi connectivity index (χ2n) is 9.91. The van der Waals surface area contributed by atoms with Crippen molar-refractivity contribution in [3.63, 3.8) is 0 Å². The molecule has 6 atom stereocenters. The lowest BCUT2D eigenvalue weighted by molar-refractivity contribution is -0.195. The van der Waals surface area contributed by atoms with Gasteiger partial charge in [-0.2, -0.15) is 0 Å². The zero-order valence-electron chi connectivity index (χ0n) is 16.7. The summed E-state index contributed by atoms with van der Waals surface area (Å²) in [5.41, 5.74) is -2.33. The van der Waals surface area contributed by atoms with Gasteiger partial charge in [0.25, 0.3) is 0 Å². The minimum atomic E-state index is -0.823. The van der Waals surface area contributed by atoms with Gasteiger partial charge in [0.15, 0.2) is 0 Å². The van der Waals surface area contributed by atoms with E-state index in [2.05, 4.69) is 13.8 Å². The fourth-order valence-electron chi connectivity index (χ4n) is 4.73. The highest BCUT2D eigenvalue weighted by Gasteiger charge is 2.54. The highest BCUT2D eigenvalue weighted by atomic mass is 16.6. The predicted octanol–water partition coefficient (Wildman–Crippen LogP) is 2.95. The van der Waals surface area contributed by atoms with E-state index in [1.165, 1.54) is 0 Å². The molecule has 0 saturated carbocycles. The lowest BCUT2D eigenvalue weighted by Crippen LogP contribution is -2.46. The summed E-state index contributed by atoms with van der Waals surface area (Å²) in [7, 11) is 0. The fraction of sp³-hybridized carbons (Fsp3) is 1.00. The Balaban J connectivity index is 1.63. The zero-order chi connectivity index (χ0) is 18.7. The van der Waals surface area contributed by atoms with Gasteiger partial charge in [0.1, 0.15) is 0 Å². The summed E-state index contributed by atoms with van der Waals surface area (Å²) in [4.78, 5) is 0. The van der Waals surface area contributed by atoms with E-state index in [9.17, 15) is 10.2 Å². The summed E-state index contributed by atoms with van der Waals surface area (Å²) < 4.78 is 19.0. The Morgan fingerprint density at radius 3 is 1.36 bits per heavy atom. The van der Waals surface area contributed by atoms with Gasteiger partial charge in [-0.25, -0.2) is 0 Å². The van der Waals surface area contributed by atoms with Crippen LogP contribution >= 0.6 is 0 Å². The van der Waals surface area contributed by atoms with E-state index in [1.807, 2.05) is 27.7 Å². The number of aliphatic hydroxyl groups is 2. The standard InChI is InChI=1S/C20H36O5/c1-17(2,21)13-9-11-19(5,24-13)15-7-8-16(23-15)20(6)12-10-14(25-20)18(3,4)22/h13-16,21-22H,7-12H2,1-6H3/t13-,14+,15-,16+,19+,20-. The van der Waals surface area contributed by atoms with Crippen LogP contribution in [0.1, 0.15) is 80.1 Å². The van der Waals surface area contributed by atoms with Gasteiger partial charge in [0, 0.05) is 0 Å². The van der Waals surface area contributed by atoms with Crippen LogP contribution in [0.5, 0.6) is 0 Å². The second kappa shape index (κ2) is 6.16. The summed E-state index contributed by atoms with van der Waals surface area (Å²) >= 11 is 0. The molecule has 0 aromatic carbocycles. The molecule has 0 bridgehead atoms. The second-order valence-corrected chi connectivity index (χ2v) is 9.91. The van der Waals surface area contributed by atoms with E-state index < -0.39 is 11.2 Å². The lowest BCUT2D eigenvalue weighted by Gasteiger charge is -2.37. The summed E-state index contributed by atoms with van der Waals surface area (Å²) in [5.74, 6) is 0. The molecule has 3 heterocycles. The van der Waals surface area contributed by atoms with E-state index >= 15 is 0 Å². The Morgan fingerprint density at radius 1 is 0.720 bits per heavy atom. The SMILES string of the molecule is CC(C)(O)[C@@H]1CC[C@](C)([C@@H]2CC[C@H]([C@]3(C)CC[C@H](C(C)(C)O)O3)O2)O1. The first-order valence-corrected chi connectivity index (χ1v) is 9.79. The van der Waals surface area contributed by atoms with E-state index in [1.54, 1.807) is 0 Å². The third kappa shape index (κ3) is 3.77. The number of hydrogen-bond acceptors (Lipinski definition) is 5. The third-order valence-electron chi connectivity index (χ3n) is 6.59. The first kappa shape index (κ1) is 19.6. The van der Waals surface area contributed by atoms with Gasteiger partial charge in [0.2, 0.25) is 0 Å². The molecule has 146 valence electrons. The molecule has 0 unspecified atom stereocenters. The van der Waals surface area contributed by atoms with Crippen molar-refractivity contribution in [2.24, 2.45) is 0 Å². The van der Waals surface area contributed by atoms with Gasteiger partial charge in [-0.1, -0.05) is 0 Å². The summed E-state index contributed by atoms with van der Waals surface area (Å²) in [6.45, 7) is 11.5. The number of rotatable bonds is 4. The Bertz CT molecular complexity index is 449. The largest absolute Gasteiger partial charge is 0.388 e. The predicted molar refractivity (Wildman–Crippen MR) is 95.5 cm³/mol. The Hall–Kier alpha value is -0.200. The first-order valence-electron chi connectivity index (χ1n) is 9.79. The maximum atomic E-state index is 10.3. The van der Waals surface area contributed by atoms with Crippen molar-refractivity contribution in [3.05, 3.63) is 0 Å². The van der Waals surface area contributed by atoms with Crippen molar-refractivity contribution >= 4 is 0 Å². The van der Waals surface area contributed by atoms with Crippen molar-refractivity contribution in [2.45, 2.75) is 127 Å². The Morgan fingerprint density at radius 2 is 1.08 bits per heavy atom. The van der Waals surface area contributed by atoms with Crippen LogP contribution in [0.3, 0.4) is 0 Å². The van der Waals surface area contributed by atoms with Crippen LogP contribution in [0.2, 0.25) is 0 Å². The highest BCUT2D eigenvalue weighted by Crippen LogP contribution is 2.47. The summed E-state index contributed by atoms with van der Waals surface area (Å²) in [6, 6.07) is 0. The average Bonchev–Trinajstić information content (AvgIpc) is 3.14. The molecule has 3 aliphatic heterocycles. The molecule has 3 fully saturated rings. The maximum Gasteiger partial charge on any atom is 0.0921 e. The van der Waals surface area contributed by atoms with Crippen LogP contribution in [0.15, 0.2) is 0 Å². The molecule has 3 saturated heterocycles. The van der Waals surface area contributed by atoms with Gasteiger partial charge < -0.3 is 24.4 Å². The molecule has 2 N–H and O–H groups in total. The van der Waals surface area contributed by atoms with E-state index in [0.29, 0.717) is 0 Å². The fourth-order valence-corrected chi connectivity index (χ4v) is 4.73. The van der Waals surface area contributed by atoms with Gasteiger partial charge in [-0.05, 0) is 80.1 Å². The van der Waals surface area contributed by atoms with Crippen LogP contribution in [0, 0.1) is 0 Å². The van der Waals surface area contributed by atoms with Crippen molar-refractivity contribution in [1.82, 2.24) is 0 Å². The molecular formula is C20H36O5. The zero-order valence-corrected chi connectivity index (χ0v) is 16.7. The van der Waals surface area contributed by atoms with Crippen molar-refractivity contribution in [2.75, 3.05) is 0 Å². The third-order valence-corrected chi connectivity index (χ3v) is 6.59. The van der Waals surface area contributed by atoms with E-state index in [0.717, 1.165) is 38.5 Å². The van der Waals surface area contributed by atoms with Gasteiger partial charge in [-0.3, -0.25) is 0 Å². The monoisotopic (exact) mass is 356 g/mol. The van der Waals surface area contributed by atoms with Crippen LogP contribution in [0.25, 0.3) is 0 Å². The molecule has 0 aromatic rings. The number of hydrogen-bond donors (Lipinski definition) is 2. The molecule has 25 heavy (non-hydrogen) atoms. The molecule has 0 radical (unpaired) electrons. The van der Waals surface area contributed by atoms with Crippen LogP contribution in [-0.4, -0.2) is 57.0 Å². The molecule has 5 nitrogen and oxygen atoms in total. The molecule has 5 heteroatoms. The van der Waals surface area contributed by atoms with Crippen molar-refractivity contribution < 1.29 is 24.4 Å². The minimum absolute atomic E-state index is 0.0338. The molecule has 3 aliphatic rings. The van der Waals surface area contributed by atoms with Gasteiger partial charge in [-0.15, -0.1) is 0 Å². The number of ether oxygens (including phenoxy) is 3. The molecule has 0 aliphatic carbocycles. The average molecular weight is 357 g/mol. The van der Waals surface area contributed by atoms with Crippen LogP contribution in [-0.2, 0) is 14.2 Å². The quantitative estimate of drug-likeness (QED) is 0.811. The highest BCUT2D eigenvalue weighted by molar-refractivity contribution is 5.03. The Kier molecular flexibility index (Phi) is 4.82. The van der Waals surface area contributed by atoms with Crippen LogP contribution < -0.4 is 0 Å². The molecular weight excluding hydrogens is 320 g/mol. The molecule has 0 aromatic heterocycles. The lowest BCUT2D eigenvalue weighted by atomic mass is 9.90. The molecule has 0 spiro atoms. The van der Waals surface area contributed by atoms with E-state index in [-0.39, 0.29) is 35.6 Å². The first-order chi connectivity index (χ1) is 11.3. The topological polar surface area (TPSA) is 68.2 Å². The summed E-state index contributed by atoms with van der Waals surface area (Å²) in [6.07, 6.45) is 5.22. The summed E-state index contributed by atoms with van der Waals surface area (Å²) in [5, 5.41) is 20.5. The van der Waals surface area contributed by atoms with Crippen molar-refractivity contribution in [3.8, 4) is 0 Å². The van der Waals surface area contributed by atoms with Gasteiger partial charge in [0.05, 0.1) is 46.8 Å². The minimum Gasteiger partial charge on any atom is -0.388 e. The molecule has 3 rings (SSSR count). The molecule has 0 amide bonds. The van der Waals surface area contributed by atoms with E-state index in [4.69, 9.17) is 14.2 Å². The smallest absolute Gasteiger partial charge is 0.0921 e.